The minimum absolute atomic E-state index is 0.200. The van der Waals surface area contributed by atoms with Crippen LogP contribution in [0.4, 0.5) is 5.82 Å². The predicted octanol–water partition coefficient (Wildman–Crippen LogP) is 3.81. The predicted molar refractivity (Wildman–Crippen MR) is 110 cm³/mol. The summed E-state index contributed by atoms with van der Waals surface area (Å²) in [7, 11) is 0. The van der Waals surface area contributed by atoms with Crippen molar-refractivity contribution in [1.29, 1.82) is 0 Å². The SMILES string of the molecule is CC(C)(C)c1nc(NC[C@@H]2CCCO2)c2nnn(Cc3ccccc3Cl)c2n1. The standard InChI is InChI=1S/C20H25ClN6O/c1-20(2,3)19-23-17(22-11-14-8-6-10-28-14)16-18(24-19)27(26-25-16)12-13-7-4-5-9-15(13)21/h4-5,7,9,14H,6,8,10-12H2,1-3H3,(H,22,23,24)/t14-/m0/s1. The highest BCUT2D eigenvalue weighted by molar-refractivity contribution is 6.31. The zero-order chi connectivity index (χ0) is 19.7. The summed E-state index contributed by atoms with van der Waals surface area (Å²) in [5.41, 5.74) is 2.14. The number of benzene rings is 1. The molecule has 1 aliphatic rings. The average Bonchev–Trinajstić information content (AvgIpc) is 3.31. The van der Waals surface area contributed by atoms with Crippen LogP contribution in [0.1, 0.15) is 45.0 Å². The van der Waals surface area contributed by atoms with Crippen molar-refractivity contribution in [2.24, 2.45) is 0 Å². The first-order valence-corrected chi connectivity index (χ1v) is 10.0. The van der Waals surface area contributed by atoms with Gasteiger partial charge in [0.1, 0.15) is 5.82 Å². The number of hydrogen-bond acceptors (Lipinski definition) is 6. The molecule has 0 amide bonds. The number of nitrogens with zero attached hydrogens (tertiary/aromatic N) is 5. The highest BCUT2D eigenvalue weighted by atomic mass is 35.5. The third-order valence-electron chi connectivity index (χ3n) is 4.83. The van der Waals surface area contributed by atoms with Crippen molar-refractivity contribution >= 4 is 28.6 Å². The van der Waals surface area contributed by atoms with E-state index in [9.17, 15) is 0 Å². The highest BCUT2D eigenvalue weighted by Crippen LogP contribution is 2.26. The van der Waals surface area contributed by atoms with Crippen LogP contribution in [-0.2, 0) is 16.7 Å². The number of anilines is 1. The molecular formula is C20H25ClN6O. The zero-order valence-electron chi connectivity index (χ0n) is 16.4. The minimum atomic E-state index is -0.200. The Bertz CT molecular complexity index is 974. The summed E-state index contributed by atoms with van der Waals surface area (Å²) in [6.45, 7) is 8.32. The molecule has 3 aromatic rings. The minimum Gasteiger partial charge on any atom is -0.376 e. The molecule has 1 saturated heterocycles. The van der Waals surface area contributed by atoms with Gasteiger partial charge in [-0.1, -0.05) is 55.8 Å². The van der Waals surface area contributed by atoms with Crippen LogP contribution in [0.2, 0.25) is 5.02 Å². The summed E-state index contributed by atoms with van der Waals surface area (Å²) in [5.74, 6) is 1.45. The first-order valence-electron chi connectivity index (χ1n) is 9.62. The molecule has 1 N–H and O–H groups in total. The molecule has 0 radical (unpaired) electrons. The molecule has 8 heteroatoms. The summed E-state index contributed by atoms with van der Waals surface area (Å²) in [5, 5.41) is 12.8. The van der Waals surface area contributed by atoms with Crippen molar-refractivity contribution in [2.75, 3.05) is 18.5 Å². The maximum absolute atomic E-state index is 6.33. The topological polar surface area (TPSA) is 77.8 Å². The largest absolute Gasteiger partial charge is 0.376 e. The number of aromatic nitrogens is 5. The molecule has 0 saturated carbocycles. The van der Waals surface area contributed by atoms with E-state index >= 15 is 0 Å². The van der Waals surface area contributed by atoms with E-state index in [0.29, 0.717) is 35.1 Å². The van der Waals surface area contributed by atoms with E-state index in [1.54, 1.807) is 4.68 Å². The van der Waals surface area contributed by atoms with Crippen LogP contribution in [0.15, 0.2) is 24.3 Å². The lowest BCUT2D eigenvalue weighted by molar-refractivity contribution is 0.120. The van der Waals surface area contributed by atoms with Gasteiger partial charge in [0.05, 0.1) is 12.6 Å². The van der Waals surface area contributed by atoms with Gasteiger partial charge in [-0.05, 0) is 24.5 Å². The Morgan fingerprint density at radius 1 is 1.25 bits per heavy atom. The van der Waals surface area contributed by atoms with Crippen LogP contribution < -0.4 is 5.32 Å². The Hall–Kier alpha value is -2.25. The molecule has 4 rings (SSSR count). The molecule has 1 aromatic carbocycles. The van der Waals surface area contributed by atoms with Crippen molar-refractivity contribution in [1.82, 2.24) is 25.0 Å². The third-order valence-corrected chi connectivity index (χ3v) is 5.20. The summed E-state index contributed by atoms with van der Waals surface area (Å²) in [6.07, 6.45) is 2.38. The van der Waals surface area contributed by atoms with E-state index in [0.717, 1.165) is 30.8 Å². The Balaban J connectivity index is 1.71. The van der Waals surface area contributed by atoms with Crippen LogP contribution in [0.5, 0.6) is 0 Å². The van der Waals surface area contributed by atoms with Crippen LogP contribution in [-0.4, -0.2) is 44.2 Å². The van der Waals surface area contributed by atoms with E-state index < -0.39 is 0 Å². The number of fused-ring (bicyclic) bond motifs is 1. The smallest absolute Gasteiger partial charge is 0.184 e. The van der Waals surface area contributed by atoms with E-state index in [2.05, 4.69) is 36.4 Å². The van der Waals surface area contributed by atoms with E-state index in [1.807, 2.05) is 24.3 Å². The van der Waals surface area contributed by atoms with Gasteiger partial charge in [0.25, 0.3) is 0 Å². The quantitative estimate of drug-likeness (QED) is 0.701. The van der Waals surface area contributed by atoms with Crippen LogP contribution in [0.25, 0.3) is 11.2 Å². The second kappa shape index (κ2) is 7.64. The monoisotopic (exact) mass is 400 g/mol. The lowest BCUT2D eigenvalue weighted by Crippen LogP contribution is -2.22. The molecule has 7 nitrogen and oxygen atoms in total. The van der Waals surface area contributed by atoms with Gasteiger partial charge in [0, 0.05) is 23.6 Å². The Morgan fingerprint density at radius 3 is 2.79 bits per heavy atom. The van der Waals surface area contributed by atoms with Crippen molar-refractivity contribution < 1.29 is 4.74 Å². The van der Waals surface area contributed by atoms with Crippen molar-refractivity contribution in [2.45, 2.75) is 51.7 Å². The average molecular weight is 401 g/mol. The number of halogens is 1. The number of ether oxygens (including phenoxy) is 1. The fourth-order valence-electron chi connectivity index (χ4n) is 3.23. The summed E-state index contributed by atoms with van der Waals surface area (Å²) in [4.78, 5) is 9.54. The molecule has 2 aromatic heterocycles. The zero-order valence-corrected chi connectivity index (χ0v) is 17.2. The van der Waals surface area contributed by atoms with Gasteiger partial charge >= 0.3 is 0 Å². The highest BCUT2D eigenvalue weighted by Gasteiger charge is 2.24. The maximum Gasteiger partial charge on any atom is 0.184 e. The number of hydrogen-bond donors (Lipinski definition) is 1. The molecule has 1 fully saturated rings. The second-order valence-corrected chi connectivity index (χ2v) is 8.58. The van der Waals surface area contributed by atoms with Crippen LogP contribution in [0.3, 0.4) is 0 Å². The van der Waals surface area contributed by atoms with Crippen molar-refractivity contribution in [3.63, 3.8) is 0 Å². The summed E-state index contributed by atoms with van der Waals surface area (Å²) >= 11 is 6.33. The summed E-state index contributed by atoms with van der Waals surface area (Å²) in [6, 6.07) is 7.74. The molecule has 3 heterocycles. The maximum atomic E-state index is 6.33. The molecular weight excluding hydrogens is 376 g/mol. The lowest BCUT2D eigenvalue weighted by atomic mass is 9.96. The first-order chi connectivity index (χ1) is 13.4. The molecule has 0 bridgehead atoms. The Kier molecular flexibility index (Phi) is 5.21. The van der Waals surface area contributed by atoms with E-state index in [4.69, 9.17) is 26.3 Å². The van der Waals surface area contributed by atoms with Gasteiger partial charge in [-0.25, -0.2) is 14.6 Å². The Morgan fingerprint density at radius 2 is 2.07 bits per heavy atom. The fourth-order valence-corrected chi connectivity index (χ4v) is 3.42. The molecule has 0 spiro atoms. The second-order valence-electron chi connectivity index (χ2n) is 8.17. The number of nitrogens with one attached hydrogen (secondary N) is 1. The van der Waals surface area contributed by atoms with Gasteiger partial charge in [-0.15, -0.1) is 5.10 Å². The van der Waals surface area contributed by atoms with E-state index in [-0.39, 0.29) is 11.5 Å². The van der Waals surface area contributed by atoms with Crippen LogP contribution in [0, 0.1) is 0 Å². The molecule has 1 atom stereocenters. The van der Waals surface area contributed by atoms with Gasteiger partial charge < -0.3 is 10.1 Å². The van der Waals surface area contributed by atoms with Gasteiger partial charge in [0.2, 0.25) is 0 Å². The Labute approximate surface area is 169 Å². The van der Waals surface area contributed by atoms with Crippen LogP contribution >= 0.6 is 11.6 Å². The molecule has 0 aliphatic carbocycles. The van der Waals surface area contributed by atoms with Gasteiger partial charge in [0.15, 0.2) is 17.0 Å². The molecule has 148 valence electrons. The van der Waals surface area contributed by atoms with Crippen molar-refractivity contribution in [3.05, 3.63) is 40.7 Å². The molecule has 1 aliphatic heterocycles. The van der Waals surface area contributed by atoms with Gasteiger partial charge in [-0.3, -0.25) is 0 Å². The normalized spacial score (nSPS) is 17.4. The van der Waals surface area contributed by atoms with Crippen molar-refractivity contribution in [3.8, 4) is 0 Å². The third kappa shape index (κ3) is 3.95. The van der Waals surface area contributed by atoms with Gasteiger partial charge in [-0.2, -0.15) is 0 Å². The first kappa shape index (κ1) is 19.1. The molecule has 0 unspecified atom stereocenters. The molecule has 28 heavy (non-hydrogen) atoms. The number of rotatable bonds is 5. The summed E-state index contributed by atoms with van der Waals surface area (Å²) < 4.78 is 7.50. The lowest BCUT2D eigenvalue weighted by Gasteiger charge is -2.18. The fraction of sp³-hybridized carbons (Fsp3) is 0.500. The van der Waals surface area contributed by atoms with E-state index in [1.165, 1.54) is 0 Å².